The van der Waals surface area contributed by atoms with Crippen molar-refractivity contribution in [1.82, 2.24) is 15.3 Å². The molecule has 1 aromatic heterocycles. The lowest BCUT2D eigenvalue weighted by Crippen LogP contribution is -2.27. The lowest BCUT2D eigenvalue weighted by Gasteiger charge is -2.04. The summed E-state index contributed by atoms with van der Waals surface area (Å²) >= 11 is 0. The Hall–Kier alpha value is -2.48. The maximum absolute atomic E-state index is 13.0. The number of nitrogens with zero attached hydrogens (tertiary/aromatic N) is 3. The summed E-state index contributed by atoms with van der Waals surface area (Å²) in [7, 11) is 0. The number of aliphatic imine (C=N–C) groups is 1. The van der Waals surface area contributed by atoms with Crippen molar-refractivity contribution < 1.29 is 14.0 Å². The monoisotopic (exact) mass is 253 g/mol. The van der Waals surface area contributed by atoms with Gasteiger partial charge in [-0.1, -0.05) is 0 Å². The Bertz CT molecular complexity index is 596. The van der Waals surface area contributed by atoms with Crippen molar-refractivity contribution in [3.05, 3.63) is 42.2 Å². The molecule has 2 aromatic rings. The first kappa shape index (κ1) is 12.0. The van der Waals surface area contributed by atoms with E-state index in [-0.39, 0.29) is 11.6 Å². The van der Waals surface area contributed by atoms with Gasteiger partial charge in [0, 0.05) is 6.07 Å². The Morgan fingerprint density at radius 1 is 1.39 bits per heavy atom. The molecule has 2 rings (SSSR count). The number of hydroxylamine groups is 1. The molecular formula is C10H9F2N5O. The highest BCUT2D eigenvalue weighted by Crippen LogP contribution is 2.16. The highest BCUT2D eigenvalue weighted by Gasteiger charge is 2.06. The summed E-state index contributed by atoms with van der Waals surface area (Å²) in [5.74, 6) is -2.11. The van der Waals surface area contributed by atoms with Gasteiger partial charge in [0.2, 0.25) is 5.96 Å². The van der Waals surface area contributed by atoms with Gasteiger partial charge in [0.05, 0.1) is 23.8 Å². The van der Waals surface area contributed by atoms with Crippen LogP contribution in [0.3, 0.4) is 0 Å². The van der Waals surface area contributed by atoms with Crippen molar-refractivity contribution >= 4 is 17.3 Å². The van der Waals surface area contributed by atoms with Gasteiger partial charge in [-0.3, -0.25) is 5.21 Å². The fourth-order valence-electron chi connectivity index (χ4n) is 1.26. The molecule has 0 saturated carbocycles. The third kappa shape index (κ3) is 2.43. The lowest BCUT2D eigenvalue weighted by molar-refractivity contribution is 0.229. The number of benzene rings is 1. The van der Waals surface area contributed by atoms with Gasteiger partial charge in [0.1, 0.15) is 0 Å². The molecule has 0 aliphatic heterocycles. The van der Waals surface area contributed by atoms with E-state index in [1.54, 1.807) is 5.48 Å². The molecule has 94 valence electrons. The fraction of sp³-hybridized carbons (Fsp3) is 0. The number of rotatable bonds is 1. The Kier molecular flexibility index (Phi) is 3.20. The number of nitrogens with two attached hydrogens (primary N) is 1. The Morgan fingerprint density at radius 2 is 2.17 bits per heavy atom. The molecule has 0 aliphatic carbocycles. The second-order valence-electron chi connectivity index (χ2n) is 3.36. The average molecular weight is 253 g/mol. The molecule has 0 aliphatic rings. The van der Waals surface area contributed by atoms with Crippen molar-refractivity contribution in [2.24, 2.45) is 4.99 Å². The predicted molar refractivity (Wildman–Crippen MR) is 60.4 cm³/mol. The molecule has 0 saturated heterocycles. The fourth-order valence-corrected chi connectivity index (χ4v) is 1.26. The minimum atomic E-state index is -1.03. The molecule has 0 spiro atoms. The number of nitrogens with one attached hydrogen (secondary N) is 1. The van der Waals surface area contributed by atoms with Crippen LogP contribution in [-0.2, 0) is 0 Å². The number of halogens is 2. The van der Waals surface area contributed by atoms with Gasteiger partial charge in [-0.2, -0.15) is 5.10 Å². The normalized spacial score (nSPS) is 11.6. The molecule has 1 heterocycles. The van der Waals surface area contributed by atoms with E-state index in [1.165, 1.54) is 18.5 Å². The molecule has 0 bridgehead atoms. The maximum atomic E-state index is 13.0. The topological polar surface area (TPSA) is 88.5 Å². The van der Waals surface area contributed by atoms with Gasteiger partial charge >= 0.3 is 0 Å². The minimum Gasteiger partial charge on any atom is -0.396 e. The summed E-state index contributed by atoms with van der Waals surface area (Å²) in [6.45, 7) is 0. The molecule has 0 amide bonds. The number of aromatic nitrogens is 2. The quantitative estimate of drug-likeness (QED) is 0.405. The highest BCUT2D eigenvalue weighted by atomic mass is 19.2. The molecule has 0 unspecified atom stereocenters. The second-order valence-corrected chi connectivity index (χ2v) is 3.36. The van der Waals surface area contributed by atoms with E-state index in [4.69, 9.17) is 10.9 Å². The van der Waals surface area contributed by atoms with Crippen LogP contribution in [0.4, 0.5) is 20.2 Å². The van der Waals surface area contributed by atoms with E-state index < -0.39 is 11.6 Å². The first-order valence-corrected chi connectivity index (χ1v) is 4.84. The van der Waals surface area contributed by atoms with Gasteiger partial charge in [-0.25, -0.2) is 23.9 Å². The Balaban J connectivity index is 2.37. The molecule has 0 fully saturated rings. The molecule has 6 nitrogen and oxygen atoms in total. The molecular weight excluding hydrogens is 244 g/mol. The summed E-state index contributed by atoms with van der Waals surface area (Å²) in [5, 5.41) is 12.7. The minimum absolute atomic E-state index is 0.0993. The van der Waals surface area contributed by atoms with E-state index in [0.29, 0.717) is 5.69 Å². The molecule has 18 heavy (non-hydrogen) atoms. The first-order valence-electron chi connectivity index (χ1n) is 4.84. The van der Waals surface area contributed by atoms with E-state index in [1.807, 2.05) is 0 Å². The van der Waals surface area contributed by atoms with Crippen LogP contribution in [0.1, 0.15) is 0 Å². The SMILES string of the molecule is Nc1cnn(C(=Nc2ccc(F)c(F)c2)NO)c1. The maximum Gasteiger partial charge on any atom is 0.248 e. The molecule has 8 heteroatoms. The van der Waals surface area contributed by atoms with Gasteiger partial charge in [-0.15, -0.1) is 0 Å². The van der Waals surface area contributed by atoms with Crippen molar-refractivity contribution in [2.45, 2.75) is 0 Å². The van der Waals surface area contributed by atoms with Gasteiger partial charge < -0.3 is 5.73 Å². The van der Waals surface area contributed by atoms with Crippen molar-refractivity contribution in [3.63, 3.8) is 0 Å². The largest absolute Gasteiger partial charge is 0.396 e. The third-order valence-corrected chi connectivity index (χ3v) is 2.06. The Morgan fingerprint density at radius 3 is 2.72 bits per heavy atom. The molecule has 4 N–H and O–H groups in total. The summed E-state index contributed by atoms with van der Waals surface area (Å²) in [4.78, 5) is 3.86. The third-order valence-electron chi connectivity index (χ3n) is 2.06. The van der Waals surface area contributed by atoms with Crippen LogP contribution in [0, 0.1) is 11.6 Å². The van der Waals surface area contributed by atoms with Gasteiger partial charge in [0.25, 0.3) is 0 Å². The van der Waals surface area contributed by atoms with E-state index >= 15 is 0 Å². The van der Waals surface area contributed by atoms with Crippen LogP contribution < -0.4 is 11.2 Å². The summed E-state index contributed by atoms with van der Waals surface area (Å²) < 4.78 is 26.8. The van der Waals surface area contributed by atoms with Crippen LogP contribution in [-0.4, -0.2) is 20.9 Å². The lowest BCUT2D eigenvalue weighted by atomic mass is 10.3. The first-order chi connectivity index (χ1) is 8.60. The van der Waals surface area contributed by atoms with E-state index in [2.05, 4.69) is 10.1 Å². The average Bonchev–Trinajstić information content (AvgIpc) is 2.77. The summed E-state index contributed by atoms with van der Waals surface area (Å²) in [6.07, 6.45) is 2.74. The molecule has 0 atom stereocenters. The van der Waals surface area contributed by atoms with Crippen molar-refractivity contribution in [1.29, 1.82) is 0 Å². The van der Waals surface area contributed by atoms with E-state index in [9.17, 15) is 8.78 Å². The summed E-state index contributed by atoms with van der Waals surface area (Å²) in [5.41, 5.74) is 7.72. The zero-order valence-corrected chi connectivity index (χ0v) is 9.01. The zero-order valence-electron chi connectivity index (χ0n) is 9.01. The number of anilines is 1. The van der Waals surface area contributed by atoms with Crippen molar-refractivity contribution in [3.8, 4) is 0 Å². The predicted octanol–water partition coefficient (Wildman–Crippen LogP) is 1.26. The number of nitrogen functional groups attached to an aromatic ring is 1. The van der Waals surface area contributed by atoms with Crippen molar-refractivity contribution in [2.75, 3.05) is 5.73 Å². The Labute approximate surface area is 100 Å². The summed E-state index contributed by atoms with van der Waals surface area (Å²) in [6, 6.07) is 3.07. The highest BCUT2D eigenvalue weighted by molar-refractivity contribution is 5.83. The van der Waals surface area contributed by atoms with Crippen LogP contribution in [0.2, 0.25) is 0 Å². The standard InChI is InChI=1S/C10H9F2N5O/c11-8-2-1-7(3-9(8)12)15-10(16-18)17-5-6(13)4-14-17/h1-5,18H,13H2,(H,15,16). The van der Waals surface area contributed by atoms with Gasteiger partial charge in [-0.05, 0) is 12.1 Å². The van der Waals surface area contributed by atoms with Gasteiger partial charge in [0.15, 0.2) is 11.6 Å². The second kappa shape index (κ2) is 4.80. The molecule has 0 radical (unpaired) electrons. The van der Waals surface area contributed by atoms with Crippen LogP contribution in [0.25, 0.3) is 0 Å². The zero-order chi connectivity index (χ0) is 13.1. The van der Waals surface area contributed by atoms with Crippen LogP contribution in [0.15, 0.2) is 35.6 Å². The molecule has 1 aromatic carbocycles. The van der Waals surface area contributed by atoms with Crippen LogP contribution in [0.5, 0.6) is 0 Å². The number of hydrogen-bond acceptors (Lipinski definition) is 4. The van der Waals surface area contributed by atoms with Crippen LogP contribution >= 0.6 is 0 Å². The van der Waals surface area contributed by atoms with E-state index in [0.717, 1.165) is 16.8 Å². The smallest absolute Gasteiger partial charge is 0.248 e. The number of hydrogen-bond donors (Lipinski definition) is 3.